The van der Waals surface area contributed by atoms with Crippen molar-refractivity contribution in [2.75, 3.05) is 17.7 Å². The van der Waals surface area contributed by atoms with Crippen molar-refractivity contribution in [3.63, 3.8) is 0 Å². The van der Waals surface area contributed by atoms with Crippen LogP contribution in [0.3, 0.4) is 0 Å². The van der Waals surface area contributed by atoms with E-state index < -0.39 is 0 Å². The van der Waals surface area contributed by atoms with Gasteiger partial charge in [0.2, 0.25) is 11.9 Å². The largest absolute Gasteiger partial charge is 0.466 e. The maximum Gasteiger partial charge on any atom is 0.311 e. The van der Waals surface area contributed by atoms with Gasteiger partial charge in [0.05, 0.1) is 24.5 Å². The Hall–Kier alpha value is -2.72. The Balaban J connectivity index is 1.65. The van der Waals surface area contributed by atoms with Crippen molar-refractivity contribution in [2.24, 2.45) is 0 Å². The van der Waals surface area contributed by atoms with Crippen molar-refractivity contribution < 1.29 is 9.53 Å². The van der Waals surface area contributed by atoms with Gasteiger partial charge in [0, 0.05) is 11.1 Å². The van der Waals surface area contributed by atoms with Crippen LogP contribution in [0.1, 0.15) is 30.9 Å². The Kier molecular flexibility index (Phi) is 7.36. The molecule has 2 aromatic heterocycles. The number of nitrogens with one attached hydrogen (secondary N) is 1. The maximum absolute atomic E-state index is 11.6. The maximum atomic E-state index is 11.6. The van der Waals surface area contributed by atoms with Crippen molar-refractivity contribution in [1.29, 1.82) is 0 Å². The summed E-state index contributed by atoms with van der Waals surface area (Å²) in [5.74, 6) is 1.34. The molecule has 0 unspecified atom stereocenters. The summed E-state index contributed by atoms with van der Waals surface area (Å²) in [6.07, 6.45) is 1.07. The van der Waals surface area contributed by atoms with Crippen LogP contribution in [0.2, 0.25) is 0 Å². The molecule has 0 aliphatic rings. The molecule has 3 N–H and O–H groups in total. The Bertz CT molecular complexity index is 979. The van der Waals surface area contributed by atoms with E-state index in [1.807, 2.05) is 23.6 Å². The van der Waals surface area contributed by atoms with Crippen molar-refractivity contribution >= 4 is 46.7 Å². The fraction of sp³-hybridized carbons (Fsp3) is 0.316. The van der Waals surface area contributed by atoms with Crippen LogP contribution in [0.4, 0.5) is 17.6 Å². The molecule has 8 nitrogen and oxygen atoms in total. The number of aromatic nitrogens is 4. The zero-order chi connectivity index (χ0) is 20.6. The molecule has 0 aliphatic carbocycles. The number of carbonyl (C=O) groups excluding carboxylic acids is 1. The molecule has 3 rings (SSSR count). The minimum atomic E-state index is -0.275. The molecule has 0 radical (unpaired) electrons. The summed E-state index contributed by atoms with van der Waals surface area (Å²) in [6.45, 7) is 4.24. The van der Waals surface area contributed by atoms with Gasteiger partial charge >= 0.3 is 5.97 Å². The number of benzene rings is 1. The van der Waals surface area contributed by atoms with E-state index in [2.05, 4.69) is 38.2 Å². The molecular weight excluding hydrogens is 408 g/mol. The number of thiazole rings is 1. The lowest BCUT2D eigenvalue weighted by Gasteiger charge is -2.10. The Morgan fingerprint density at radius 2 is 2.03 bits per heavy atom. The van der Waals surface area contributed by atoms with E-state index in [0.717, 1.165) is 16.4 Å². The molecule has 0 bridgehead atoms. The molecule has 0 saturated carbocycles. The highest BCUT2D eigenvalue weighted by Crippen LogP contribution is 2.26. The van der Waals surface area contributed by atoms with E-state index >= 15 is 0 Å². The van der Waals surface area contributed by atoms with Gasteiger partial charge < -0.3 is 15.8 Å². The minimum absolute atomic E-state index is 0.161. The monoisotopic (exact) mass is 430 g/mol. The van der Waals surface area contributed by atoms with E-state index in [1.165, 1.54) is 28.7 Å². The molecule has 3 aromatic rings. The molecule has 0 fully saturated rings. The number of para-hydroxylation sites is 1. The molecule has 2 heterocycles. The molecule has 152 valence electrons. The molecule has 1 aromatic carbocycles. The molecule has 0 saturated heterocycles. The summed E-state index contributed by atoms with van der Waals surface area (Å²) in [6, 6.07) is 7.99. The van der Waals surface area contributed by atoms with Crippen LogP contribution < -0.4 is 11.1 Å². The average molecular weight is 431 g/mol. The number of aryl methyl sites for hydroxylation is 1. The van der Waals surface area contributed by atoms with Gasteiger partial charge in [0.25, 0.3) is 0 Å². The summed E-state index contributed by atoms with van der Waals surface area (Å²) in [5, 5.41) is 5.08. The lowest BCUT2D eigenvalue weighted by molar-refractivity contribution is -0.142. The average Bonchev–Trinajstić information content (AvgIpc) is 3.14. The molecule has 0 amide bonds. The number of ether oxygens (including phenoxy) is 1. The number of nitrogens with two attached hydrogens (primary N) is 1. The first-order chi connectivity index (χ1) is 14.1. The van der Waals surface area contributed by atoms with Gasteiger partial charge in [-0.15, -0.1) is 11.3 Å². The van der Waals surface area contributed by atoms with Gasteiger partial charge in [-0.1, -0.05) is 36.9 Å². The highest BCUT2D eigenvalue weighted by Gasteiger charge is 2.11. The summed E-state index contributed by atoms with van der Waals surface area (Å²) in [7, 11) is 0. The van der Waals surface area contributed by atoms with Crippen molar-refractivity contribution in [1.82, 2.24) is 19.9 Å². The second-order valence-corrected chi connectivity index (χ2v) is 8.02. The van der Waals surface area contributed by atoms with Crippen LogP contribution in [0, 0.1) is 0 Å². The van der Waals surface area contributed by atoms with Crippen LogP contribution in [0.15, 0.2) is 34.0 Å². The smallest absolute Gasteiger partial charge is 0.311 e. The quantitative estimate of drug-likeness (QED) is 0.388. The molecule has 29 heavy (non-hydrogen) atoms. The number of hydrogen-bond acceptors (Lipinski definition) is 10. The number of hydrogen-bond donors (Lipinski definition) is 2. The number of nitrogens with zero attached hydrogens (tertiary/aromatic N) is 4. The fourth-order valence-corrected chi connectivity index (χ4v) is 4.25. The van der Waals surface area contributed by atoms with Crippen LogP contribution >= 0.6 is 23.1 Å². The highest BCUT2D eigenvalue weighted by molar-refractivity contribution is 8.00. The van der Waals surface area contributed by atoms with Crippen LogP contribution in [0.5, 0.6) is 0 Å². The van der Waals surface area contributed by atoms with Gasteiger partial charge in [-0.05, 0) is 25.0 Å². The third-order valence-corrected chi connectivity index (χ3v) is 5.90. The molecule has 0 atom stereocenters. The summed E-state index contributed by atoms with van der Waals surface area (Å²) >= 11 is 2.96. The molecule has 10 heteroatoms. The van der Waals surface area contributed by atoms with Crippen LogP contribution in [-0.4, -0.2) is 32.5 Å². The van der Waals surface area contributed by atoms with Crippen molar-refractivity contribution in [3.8, 4) is 0 Å². The number of esters is 1. The first-order valence-corrected chi connectivity index (χ1v) is 11.0. The summed E-state index contributed by atoms with van der Waals surface area (Å²) in [5.41, 5.74) is 8.68. The number of anilines is 3. The number of nitrogen functional groups attached to an aromatic ring is 1. The number of carbonyl (C=O) groups is 1. The molecule has 0 aliphatic heterocycles. The lowest BCUT2D eigenvalue weighted by Crippen LogP contribution is -2.08. The van der Waals surface area contributed by atoms with Crippen LogP contribution in [0.25, 0.3) is 0 Å². The van der Waals surface area contributed by atoms with Crippen molar-refractivity contribution in [3.05, 3.63) is 46.7 Å². The first kappa shape index (κ1) is 21.0. The Morgan fingerprint density at radius 3 is 2.83 bits per heavy atom. The summed E-state index contributed by atoms with van der Waals surface area (Å²) < 4.78 is 5.77. The molecular formula is C19H22N6O2S2. The second kappa shape index (κ2) is 10.2. The van der Waals surface area contributed by atoms with Gasteiger partial charge in [-0.3, -0.25) is 4.79 Å². The van der Waals surface area contributed by atoms with E-state index in [-0.39, 0.29) is 18.3 Å². The zero-order valence-corrected chi connectivity index (χ0v) is 17.8. The SMILES string of the molecule is CCOC(=O)Cc1csc(SCc2nc(N)nc(Nc3ccccc3CC)n2)n1. The first-order valence-electron chi connectivity index (χ1n) is 9.15. The van der Waals surface area contributed by atoms with E-state index in [4.69, 9.17) is 10.5 Å². The predicted molar refractivity (Wildman–Crippen MR) is 115 cm³/mol. The zero-order valence-electron chi connectivity index (χ0n) is 16.2. The Morgan fingerprint density at radius 1 is 1.21 bits per heavy atom. The van der Waals surface area contributed by atoms with E-state index in [0.29, 0.717) is 29.8 Å². The summed E-state index contributed by atoms with van der Waals surface area (Å²) in [4.78, 5) is 28.9. The third-order valence-electron chi connectivity index (χ3n) is 3.83. The fourth-order valence-electron chi connectivity index (χ4n) is 2.55. The minimum Gasteiger partial charge on any atom is -0.466 e. The third kappa shape index (κ3) is 6.13. The predicted octanol–water partition coefficient (Wildman–Crippen LogP) is 3.61. The van der Waals surface area contributed by atoms with Gasteiger partial charge in [0.1, 0.15) is 5.82 Å². The van der Waals surface area contributed by atoms with E-state index in [1.54, 1.807) is 6.92 Å². The van der Waals surface area contributed by atoms with Gasteiger partial charge in [-0.25, -0.2) is 4.98 Å². The number of thioether (sulfide) groups is 1. The standard InChI is InChI=1S/C19H22N6O2S2/c1-3-12-7-5-6-8-14(12)22-18-24-15(23-17(20)25-18)11-29-19-21-13(10-28-19)9-16(26)27-4-2/h5-8,10H,3-4,9,11H2,1-2H3,(H3,20,22,23,24,25). The van der Waals surface area contributed by atoms with Crippen molar-refractivity contribution in [2.45, 2.75) is 36.8 Å². The van der Waals surface area contributed by atoms with Gasteiger partial charge in [-0.2, -0.15) is 15.0 Å². The van der Waals surface area contributed by atoms with E-state index in [9.17, 15) is 4.79 Å². The van der Waals surface area contributed by atoms with Crippen LogP contribution in [-0.2, 0) is 28.1 Å². The van der Waals surface area contributed by atoms with Gasteiger partial charge in [0.15, 0.2) is 4.34 Å². The number of rotatable bonds is 9. The Labute approximate surface area is 177 Å². The highest BCUT2D eigenvalue weighted by atomic mass is 32.2. The normalized spacial score (nSPS) is 10.7. The topological polar surface area (TPSA) is 116 Å². The second-order valence-electron chi connectivity index (χ2n) is 5.94. The molecule has 0 spiro atoms. The lowest BCUT2D eigenvalue weighted by atomic mass is 10.1.